The van der Waals surface area contributed by atoms with Crippen molar-refractivity contribution in [1.82, 2.24) is 15.3 Å². The average molecular weight is 284 g/mol. The van der Waals surface area contributed by atoms with Gasteiger partial charge in [-0.1, -0.05) is 6.92 Å². The first-order valence-electron chi connectivity index (χ1n) is 6.58. The van der Waals surface area contributed by atoms with Crippen molar-refractivity contribution in [3.8, 4) is 0 Å². The molecule has 0 spiro atoms. The number of hydrogen-bond donors (Lipinski definition) is 1. The van der Waals surface area contributed by atoms with E-state index >= 15 is 0 Å². The topological polar surface area (TPSA) is 75.2 Å². The first-order chi connectivity index (χ1) is 9.11. The summed E-state index contributed by atoms with van der Waals surface area (Å²) in [6.45, 7) is 4.83. The second-order valence-corrected chi connectivity index (χ2v) is 6.94. The molecule has 1 saturated heterocycles. The van der Waals surface area contributed by atoms with Crippen LogP contribution in [0.5, 0.6) is 0 Å². The van der Waals surface area contributed by atoms with Crippen molar-refractivity contribution >= 4 is 15.7 Å². The minimum atomic E-state index is -2.89. The molecular weight excluding hydrogens is 264 g/mol. The van der Waals surface area contributed by atoms with Gasteiger partial charge in [0, 0.05) is 25.8 Å². The molecule has 0 atom stereocenters. The summed E-state index contributed by atoms with van der Waals surface area (Å²) in [4.78, 5) is 10.7. The molecule has 1 aromatic rings. The molecule has 0 aliphatic carbocycles. The maximum Gasteiger partial charge on any atom is 0.152 e. The first-order valence-corrected chi connectivity index (χ1v) is 8.40. The van der Waals surface area contributed by atoms with Gasteiger partial charge in [0.2, 0.25) is 0 Å². The lowest BCUT2D eigenvalue weighted by Crippen LogP contribution is -2.28. The fraction of sp³-hybridized carbons (Fsp3) is 0.667. The molecule has 1 N–H and O–H groups in total. The molecule has 19 heavy (non-hydrogen) atoms. The highest BCUT2D eigenvalue weighted by molar-refractivity contribution is 7.91. The van der Waals surface area contributed by atoms with Crippen LogP contribution in [0.15, 0.2) is 12.4 Å². The van der Waals surface area contributed by atoms with Gasteiger partial charge in [-0.2, -0.15) is 0 Å². The summed E-state index contributed by atoms with van der Waals surface area (Å²) in [6.07, 6.45) is 4.09. The standard InChI is InChI=1S/C12H20N4O2S/c1-2-13-8-11-9-14-10-12(15-11)16-4-3-6-19(17,18)7-5-16/h9-10,13H,2-8H2,1H3. The second kappa shape index (κ2) is 6.29. The van der Waals surface area contributed by atoms with Gasteiger partial charge < -0.3 is 10.2 Å². The number of sulfone groups is 1. The SMILES string of the molecule is CCNCc1cncc(N2CCCS(=O)(=O)CC2)n1. The van der Waals surface area contributed by atoms with E-state index in [1.165, 1.54) is 0 Å². The van der Waals surface area contributed by atoms with Gasteiger partial charge in [-0.05, 0) is 13.0 Å². The van der Waals surface area contributed by atoms with Crippen LogP contribution in [-0.4, -0.2) is 49.5 Å². The van der Waals surface area contributed by atoms with Crippen LogP contribution in [0, 0.1) is 0 Å². The number of nitrogens with one attached hydrogen (secondary N) is 1. The zero-order valence-corrected chi connectivity index (χ0v) is 12.0. The van der Waals surface area contributed by atoms with E-state index in [0.29, 0.717) is 19.5 Å². The van der Waals surface area contributed by atoms with E-state index in [4.69, 9.17) is 0 Å². The highest BCUT2D eigenvalue weighted by atomic mass is 32.2. The first kappa shape index (κ1) is 14.2. The number of nitrogens with zero attached hydrogens (tertiary/aromatic N) is 3. The van der Waals surface area contributed by atoms with E-state index in [0.717, 1.165) is 24.6 Å². The maximum absolute atomic E-state index is 11.6. The van der Waals surface area contributed by atoms with Crippen molar-refractivity contribution in [3.63, 3.8) is 0 Å². The predicted molar refractivity (Wildman–Crippen MR) is 74.9 cm³/mol. The molecule has 106 valence electrons. The van der Waals surface area contributed by atoms with Crippen molar-refractivity contribution in [2.45, 2.75) is 19.9 Å². The van der Waals surface area contributed by atoms with Gasteiger partial charge in [0.15, 0.2) is 9.84 Å². The highest BCUT2D eigenvalue weighted by Gasteiger charge is 2.20. The summed E-state index contributed by atoms with van der Waals surface area (Å²) in [7, 11) is -2.89. The Hall–Kier alpha value is -1.21. The van der Waals surface area contributed by atoms with Crippen LogP contribution in [0.4, 0.5) is 5.82 Å². The Kier molecular flexibility index (Phi) is 4.71. The Labute approximate surface area is 114 Å². The van der Waals surface area contributed by atoms with E-state index < -0.39 is 9.84 Å². The van der Waals surface area contributed by atoms with Gasteiger partial charge in [0.05, 0.1) is 23.4 Å². The van der Waals surface area contributed by atoms with Crippen molar-refractivity contribution in [2.24, 2.45) is 0 Å². The summed E-state index contributed by atoms with van der Waals surface area (Å²) in [5.74, 6) is 1.24. The summed E-state index contributed by atoms with van der Waals surface area (Å²) < 4.78 is 23.2. The van der Waals surface area contributed by atoms with Gasteiger partial charge in [0.1, 0.15) is 5.82 Å². The van der Waals surface area contributed by atoms with E-state index in [1.807, 2.05) is 11.8 Å². The van der Waals surface area contributed by atoms with Crippen LogP contribution in [0.1, 0.15) is 19.0 Å². The summed E-state index contributed by atoms with van der Waals surface area (Å²) in [6, 6.07) is 0. The zero-order valence-electron chi connectivity index (χ0n) is 11.2. The molecule has 1 fully saturated rings. The molecule has 6 nitrogen and oxygen atoms in total. The van der Waals surface area contributed by atoms with Crippen LogP contribution in [-0.2, 0) is 16.4 Å². The second-order valence-electron chi connectivity index (χ2n) is 4.64. The molecule has 0 bridgehead atoms. The minimum absolute atomic E-state index is 0.201. The van der Waals surface area contributed by atoms with Crippen LogP contribution in [0.2, 0.25) is 0 Å². The van der Waals surface area contributed by atoms with Crippen molar-refractivity contribution in [2.75, 3.05) is 36.0 Å². The Bertz CT molecular complexity index is 518. The molecule has 7 heteroatoms. The van der Waals surface area contributed by atoms with Crippen LogP contribution < -0.4 is 10.2 Å². The summed E-state index contributed by atoms with van der Waals surface area (Å²) in [5, 5.41) is 3.20. The third-order valence-corrected chi connectivity index (χ3v) is 4.82. The molecular formula is C12H20N4O2S. The summed E-state index contributed by atoms with van der Waals surface area (Å²) in [5.41, 5.74) is 0.881. The number of hydrogen-bond acceptors (Lipinski definition) is 6. The fourth-order valence-electron chi connectivity index (χ4n) is 2.05. The van der Waals surface area contributed by atoms with Crippen LogP contribution in [0.3, 0.4) is 0 Å². The van der Waals surface area contributed by atoms with Gasteiger partial charge in [0.25, 0.3) is 0 Å². The number of rotatable bonds is 4. The molecule has 0 unspecified atom stereocenters. The quantitative estimate of drug-likeness (QED) is 0.852. The van der Waals surface area contributed by atoms with Gasteiger partial charge in [-0.15, -0.1) is 0 Å². The third-order valence-electron chi connectivity index (χ3n) is 3.11. The maximum atomic E-state index is 11.6. The predicted octanol–water partition coefficient (Wildman–Crippen LogP) is 0.211. The molecule has 0 amide bonds. The minimum Gasteiger partial charge on any atom is -0.354 e. The van der Waals surface area contributed by atoms with Crippen LogP contribution in [0.25, 0.3) is 0 Å². The average Bonchev–Trinajstić information content (AvgIpc) is 2.58. The smallest absolute Gasteiger partial charge is 0.152 e. The molecule has 1 aliphatic rings. The van der Waals surface area contributed by atoms with E-state index in [-0.39, 0.29) is 11.5 Å². The van der Waals surface area contributed by atoms with E-state index in [9.17, 15) is 8.42 Å². The van der Waals surface area contributed by atoms with E-state index in [2.05, 4.69) is 15.3 Å². The molecule has 0 radical (unpaired) electrons. The lowest BCUT2D eigenvalue weighted by molar-refractivity contribution is 0.597. The Morgan fingerprint density at radius 2 is 2.16 bits per heavy atom. The van der Waals surface area contributed by atoms with Gasteiger partial charge in [-0.3, -0.25) is 4.98 Å². The van der Waals surface area contributed by atoms with Crippen molar-refractivity contribution in [3.05, 3.63) is 18.1 Å². The van der Waals surface area contributed by atoms with Crippen molar-refractivity contribution < 1.29 is 8.42 Å². The Balaban J connectivity index is 2.08. The molecule has 1 aromatic heterocycles. The van der Waals surface area contributed by atoms with Gasteiger partial charge in [-0.25, -0.2) is 13.4 Å². The zero-order chi connectivity index (χ0) is 13.7. The van der Waals surface area contributed by atoms with Crippen molar-refractivity contribution in [1.29, 1.82) is 0 Å². The number of anilines is 1. The Morgan fingerprint density at radius 3 is 2.95 bits per heavy atom. The number of aromatic nitrogens is 2. The summed E-state index contributed by atoms with van der Waals surface area (Å²) >= 11 is 0. The lowest BCUT2D eigenvalue weighted by Gasteiger charge is -2.20. The molecule has 2 heterocycles. The lowest BCUT2D eigenvalue weighted by atomic mass is 10.4. The highest BCUT2D eigenvalue weighted by Crippen LogP contribution is 2.14. The normalized spacial score (nSPS) is 19.1. The largest absolute Gasteiger partial charge is 0.354 e. The fourth-order valence-corrected chi connectivity index (χ4v) is 3.32. The molecule has 0 saturated carbocycles. The molecule has 2 rings (SSSR count). The Morgan fingerprint density at radius 1 is 1.32 bits per heavy atom. The van der Waals surface area contributed by atoms with Gasteiger partial charge >= 0.3 is 0 Å². The van der Waals surface area contributed by atoms with E-state index in [1.54, 1.807) is 12.4 Å². The third kappa shape index (κ3) is 4.14. The molecule has 0 aromatic carbocycles. The van der Waals surface area contributed by atoms with Crippen LogP contribution >= 0.6 is 0 Å². The molecule has 1 aliphatic heterocycles. The monoisotopic (exact) mass is 284 g/mol.